The van der Waals surface area contributed by atoms with Crippen molar-refractivity contribution in [2.24, 2.45) is 13.0 Å². The van der Waals surface area contributed by atoms with Crippen LogP contribution in [0.3, 0.4) is 0 Å². The Morgan fingerprint density at radius 1 is 1.21 bits per heavy atom. The van der Waals surface area contributed by atoms with E-state index in [1.54, 1.807) is 4.90 Å². The quantitative estimate of drug-likeness (QED) is 0.795. The van der Waals surface area contributed by atoms with Crippen molar-refractivity contribution in [1.29, 1.82) is 5.26 Å². The van der Waals surface area contributed by atoms with Crippen molar-refractivity contribution in [3.05, 3.63) is 47.7 Å². The van der Waals surface area contributed by atoms with Crippen LogP contribution in [-0.2, 0) is 18.4 Å². The molecular weight excluding hydrogens is 354 g/mol. The molecule has 1 aliphatic rings. The van der Waals surface area contributed by atoms with Gasteiger partial charge in [0.25, 0.3) is 0 Å². The lowest BCUT2D eigenvalue weighted by Gasteiger charge is -2.35. The van der Waals surface area contributed by atoms with Gasteiger partial charge in [0.05, 0.1) is 17.7 Å². The summed E-state index contributed by atoms with van der Waals surface area (Å²) in [5, 5.41) is 14.0. The first-order valence-corrected chi connectivity index (χ1v) is 9.63. The molecule has 1 aromatic carbocycles. The van der Waals surface area contributed by atoms with Crippen molar-refractivity contribution < 1.29 is 9.53 Å². The highest BCUT2D eigenvalue weighted by atomic mass is 16.6. The smallest absolute Gasteiger partial charge is 0.410 e. The number of carbonyl (C=O) groups excluding carboxylic acids is 1. The number of anilines is 1. The van der Waals surface area contributed by atoms with E-state index in [-0.39, 0.29) is 24.5 Å². The minimum absolute atomic E-state index is 0.212. The van der Waals surface area contributed by atoms with Gasteiger partial charge in [-0.3, -0.25) is 4.68 Å². The van der Waals surface area contributed by atoms with E-state index in [1.165, 1.54) is 0 Å². The Bertz CT molecular complexity index is 832. The molecule has 1 atom stereocenters. The molecule has 0 bridgehead atoms. The average molecular weight is 381 g/mol. The van der Waals surface area contributed by atoms with Gasteiger partial charge in [0, 0.05) is 39.3 Å². The van der Waals surface area contributed by atoms with Crippen LogP contribution < -0.4 is 4.90 Å². The monoisotopic (exact) mass is 381 g/mol. The van der Waals surface area contributed by atoms with E-state index in [9.17, 15) is 10.1 Å². The predicted octanol–water partition coefficient (Wildman–Crippen LogP) is 3.14. The lowest BCUT2D eigenvalue weighted by molar-refractivity contribution is 0.0941. The number of carbonyl (C=O) groups is 1. The highest BCUT2D eigenvalue weighted by Gasteiger charge is 2.26. The number of piperazine rings is 1. The van der Waals surface area contributed by atoms with Crippen molar-refractivity contribution >= 4 is 11.9 Å². The second-order valence-corrected chi connectivity index (χ2v) is 7.42. The molecule has 0 spiro atoms. The number of hydrogen-bond donors (Lipinski definition) is 0. The van der Waals surface area contributed by atoms with Crippen LogP contribution in [0, 0.1) is 17.2 Å². The molecule has 7 heteroatoms. The van der Waals surface area contributed by atoms with Gasteiger partial charge in [0.1, 0.15) is 12.4 Å². The second-order valence-electron chi connectivity index (χ2n) is 7.42. The minimum atomic E-state index is -0.279. The summed E-state index contributed by atoms with van der Waals surface area (Å²) < 4.78 is 7.25. The van der Waals surface area contributed by atoms with E-state index in [0.717, 1.165) is 17.1 Å². The summed E-state index contributed by atoms with van der Waals surface area (Å²) in [7, 11) is 1.90. The molecule has 0 radical (unpaired) electrons. The molecule has 3 rings (SSSR count). The Kier molecular flexibility index (Phi) is 6.19. The Balaban J connectivity index is 1.56. The molecule has 1 aromatic heterocycles. The zero-order valence-electron chi connectivity index (χ0n) is 16.7. The van der Waals surface area contributed by atoms with Gasteiger partial charge in [-0.05, 0) is 11.5 Å². The maximum atomic E-state index is 12.3. The number of benzene rings is 1. The third-order valence-corrected chi connectivity index (χ3v) is 5.07. The molecule has 1 saturated heterocycles. The number of aromatic nitrogens is 2. The van der Waals surface area contributed by atoms with Crippen LogP contribution >= 0.6 is 0 Å². The molecule has 28 heavy (non-hydrogen) atoms. The van der Waals surface area contributed by atoms with Gasteiger partial charge in [-0.1, -0.05) is 44.2 Å². The van der Waals surface area contributed by atoms with Crippen molar-refractivity contribution in [3.8, 4) is 6.07 Å². The van der Waals surface area contributed by atoms with Gasteiger partial charge in [-0.25, -0.2) is 4.79 Å². The molecule has 2 aromatic rings. The highest BCUT2D eigenvalue weighted by molar-refractivity contribution is 5.68. The summed E-state index contributed by atoms with van der Waals surface area (Å²) in [4.78, 5) is 16.3. The van der Waals surface area contributed by atoms with Crippen molar-refractivity contribution in [2.75, 3.05) is 31.1 Å². The van der Waals surface area contributed by atoms with Crippen LogP contribution in [0.1, 0.15) is 31.0 Å². The summed E-state index contributed by atoms with van der Waals surface area (Å²) in [5.41, 5.74) is 1.79. The number of ether oxygens (including phenoxy) is 1. The minimum Gasteiger partial charge on any atom is -0.445 e. The van der Waals surface area contributed by atoms with Crippen LogP contribution in [0.15, 0.2) is 36.4 Å². The zero-order valence-corrected chi connectivity index (χ0v) is 16.7. The maximum absolute atomic E-state index is 12.3. The molecule has 148 valence electrons. The first-order chi connectivity index (χ1) is 13.5. The summed E-state index contributed by atoms with van der Waals surface area (Å²) in [6.45, 7) is 6.95. The summed E-state index contributed by atoms with van der Waals surface area (Å²) in [5.74, 6) is 0.978. The van der Waals surface area contributed by atoms with Gasteiger partial charge < -0.3 is 14.5 Å². The van der Waals surface area contributed by atoms with E-state index in [0.29, 0.717) is 26.2 Å². The third kappa shape index (κ3) is 4.45. The largest absolute Gasteiger partial charge is 0.445 e. The highest BCUT2D eigenvalue weighted by Crippen LogP contribution is 2.27. The fraction of sp³-hybridized carbons (Fsp3) is 0.476. The molecule has 1 aliphatic heterocycles. The molecule has 0 saturated carbocycles. The first kappa shape index (κ1) is 19.7. The molecule has 2 heterocycles. The summed E-state index contributed by atoms with van der Waals surface area (Å²) in [6, 6.07) is 14.0. The van der Waals surface area contributed by atoms with Crippen LogP contribution in [0.2, 0.25) is 0 Å². The summed E-state index contributed by atoms with van der Waals surface area (Å²) >= 11 is 0. The van der Waals surface area contributed by atoms with Crippen LogP contribution in [0.25, 0.3) is 0 Å². The lowest BCUT2D eigenvalue weighted by Crippen LogP contribution is -2.49. The number of hydrogen-bond acceptors (Lipinski definition) is 5. The molecule has 7 nitrogen and oxygen atoms in total. The van der Waals surface area contributed by atoms with E-state index in [1.807, 2.05) is 62.0 Å². The van der Waals surface area contributed by atoms with E-state index >= 15 is 0 Å². The first-order valence-electron chi connectivity index (χ1n) is 9.63. The molecule has 1 amide bonds. The van der Waals surface area contributed by atoms with Gasteiger partial charge in [-0.2, -0.15) is 10.4 Å². The number of amides is 1. The van der Waals surface area contributed by atoms with E-state index in [4.69, 9.17) is 4.74 Å². The SMILES string of the molecule is CC(C)C(C#N)c1cc(N2CCN(C(=O)OCc3ccccc3)CC2)n(C)n1. The van der Waals surface area contributed by atoms with Crippen LogP contribution in [-0.4, -0.2) is 47.0 Å². The maximum Gasteiger partial charge on any atom is 0.410 e. The number of nitrogens with zero attached hydrogens (tertiary/aromatic N) is 5. The van der Waals surface area contributed by atoms with Gasteiger partial charge >= 0.3 is 6.09 Å². The average Bonchev–Trinajstić information content (AvgIpc) is 3.08. The van der Waals surface area contributed by atoms with Gasteiger partial charge in [0.15, 0.2) is 0 Å². The Labute approximate surface area is 166 Å². The standard InChI is InChI=1S/C21H27N5O2/c1-16(2)18(14-22)19-13-20(24(3)23-19)25-9-11-26(12-10-25)21(27)28-15-17-7-5-4-6-8-17/h4-8,13,16,18H,9-12,15H2,1-3H3. The normalized spacial score (nSPS) is 15.4. The number of nitriles is 1. The lowest BCUT2D eigenvalue weighted by atomic mass is 9.94. The van der Waals surface area contributed by atoms with Gasteiger partial charge in [0.2, 0.25) is 0 Å². The molecule has 1 unspecified atom stereocenters. The Hall–Kier alpha value is -3.01. The topological polar surface area (TPSA) is 74.4 Å². The van der Waals surface area contributed by atoms with E-state index < -0.39 is 0 Å². The second kappa shape index (κ2) is 8.79. The van der Waals surface area contributed by atoms with Crippen molar-refractivity contribution in [3.63, 3.8) is 0 Å². The number of aryl methyl sites for hydroxylation is 1. The Morgan fingerprint density at radius 2 is 1.89 bits per heavy atom. The van der Waals surface area contributed by atoms with Gasteiger partial charge in [-0.15, -0.1) is 0 Å². The van der Waals surface area contributed by atoms with E-state index in [2.05, 4.69) is 16.1 Å². The van der Waals surface area contributed by atoms with Crippen LogP contribution in [0.4, 0.5) is 10.6 Å². The zero-order chi connectivity index (χ0) is 20.1. The molecule has 0 N–H and O–H groups in total. The van der Waals surface area contributed by atoms with Crippen LogP contribution in [0.5, 0.6) is 0 Å². The molecular formula is C21H27N5O2. The fourth-order valence-electron chi connectivity index (χ4n) is 3.41. The Morgan fingerprint density at radius 3 is 2.50 bits per heavy atom. The van der Waals surface area contributed by atoms with Crippen molar-refractivity contribution in [2.45, 2.75) is 26.4 Å². The molecule has 1 fully saturated rings. The predicted molar refractivity (Wildman–Crippen MR) is 107 cm³/mol. The fourth-order valence-corrected chi connectivity index (χ4v) is 3.41. The molecule has 0 aliphatic carbocycles. The summed E-state index contributed by atoms with van der Waals surface area (Å²) in [6.07, 6.45) is -0.279. The van der Waals surface area contributed by atoms with Crippen molar-refractivity contribution in [1.82, 2.24) is 14.7 Å². The number of rotatable bonds is 5. The third-order valence-electron chi connectivity index (χ3n) is 5.07.